The molecule has 1 aromatic heterocycles. The Bertz CT molecular complexity index is 352. The van der Waals surface area contributed by atoms with Crippen molar-refractivity contribution in [3.63, 3.8) is 0 Å². The molecule has 0 atom stereocenters. The van der Waals surface area contributed by atoms with Gasteiger partial charge in [0.05, 0.1) is 5.35 Å². The van der Waals surface area contributed by atoms with Crippen molar-refractivity contribution in [3.05, 3.63) is 28.4 Å². The fourth-order valence-electron chi connectivity index (χ4n) is 0.960. The van der Waals surface area contributed by atoms with Crippen molar-refractivity contribution in [1.82, 2.24) is 4.98 Å². The summed E-state index contributed by atoms with van der Waals surface area (Å²) in [7, 11) is 0. The maximum absolute atomic E-state index is 5.39. The van der Waals surface area contributed by atoms with Crippen molar-refractivity contribution >= 4 is 12.3 Å². The Morgan fingerprint density at radius 2 is 2.18 bits per heavy atom. The summed E-state index contributed by atoms with van der Waals surface area (Å²) in [5, 5.41) is 1.94. The lowest BCUT2D eigenvalue weighted by Gasteiger charge is -1.91. The quantitative estimate of drug-likeness (QED) is 0.557. The molecule has 0 radical (unpaired) electrons. The number of nitrogens with zero attached hydrogens (tertiary/aromatic N) is 1. The molecule has 0 unspecified atom stereocenters. The number of nitrogens with two attached hydrogens (primary N) is 1. The van der Waals surface area contributed by atoms with Crippen LogP contribution in [-0.4, -0.2) is 4.98 Å². The SMILES string of the molecule is C/C=c1/nc(C)cc/c1=C/N. The van der Waals surface area contributed by atoms with Crippen molar-refractivity contribution in [2.45, 2.75) is 13.8 Å². The van der Waals surface area contributed by atoms with E-state index in [0.717, 1.165) is 16.3 Å². The van der Waals surface area contributed by atoms with Crippen LogP contribution in [0.4, 0.5) is 0 Å². The molecule has 0 bridgehead atoms. The topological polar surface area (TPSA) is 38.9 Å². The minimum absolute atomic E-state index is 0.951. The first-order valence-corrected chi connectivity index (χ1v) is 3.60. The second-order valence-electron chi connectivity index (χ2n) is 2.38. The summed E-state index contributed by atoms with van der Waals surface area (Å²) >= 11 is 0. The van der Waals surface area contributed by atoms with E-state index >= 15 is 0 Å². The Labute approximate surface area is 66.1 Å². The van der Waals surface area contributed by atoms with Gasteiger partial charge >= 0.3 is 0 Å². The molecule has 2 N–H and O–H groups in total. The summed E-state index contributed by atoms with van der Waals surface area (Å²) in [5.41, 5.74) is 6.41. The monoisotopic (exact) mass is 148 g/mol. The van der Waals surface area contributed by atoms with Gasteiger partial charge in [0.1, 0.15) is 0 Å². The molecule has 58 valence electrons. The van der Waals surface area contributed by atoms with Gasteiger partial charge in [-0.15, -0.1) is 0 Å². The van der Waals surface area contributed by atoms with Crippen LogP contribution in [0.1, 0.15) is 12.6 Å². The molecule has 11 heavy (non-hydrogen) atoms. The third-order valence-corrected chi connectivity index (χ3v) is 1.55. The van der Waals surface area contributed by atoms with E-state index in [1.807, 2.05) is 32.1 Å². The van der Waals surface area contributed by atoms with Crippen LogP contribution in [0.2, 0.25) is 0 Å². The molecule has 0 aliphatic rings. The van der Waals surface area contributed by atoms with E-state index in [1.165, 1.54) is 0 Å². The average Bonchev–Trinajstić information content (AvgIpc) is 2.04. The molecule has 0 aromatic carbocycles. The van der Waals surface area contributed by atoms with Gasteiger partial charge in [-0.1, -0.05) is 6.08 Å². The molecule has 0 aliphatic carbocycles. The van der Waals surface area contributed by atoms with Gasteiger partial charge in [-0.05, 0) is 26.0 Å². The fraction of sp³-hybridized carbons (Fsp3) is 0.222. The summed E-state index contributed by atoms with van der Waals surface area (Å²) < 4.78 is 0. The van der Waals surface area contributed by atoms with Crippen LogP contribution in [0, 0.1) is 6.92 Å². The van der Waals surface area contributed by atoms with E-state index in [2.05, 4.69) is 4.98 Å². The van der Waals surface area contributed by atoms with Crippen LogP contribution in [-0.2, 0) is 0 Å². The van der Waals surface area contributed by atoms with E-state index < -0.39 is 0 Å². The lowest BCUT2D eigenvalue weighted by atomic mass is 10.3. The summed E-state index contributed by atoms with van der Waals surface area (Å²) in [6.07, 6.45) is 3.52. The van der Waals surface area contributed by atoms with Crippen LogP contribution in [0.5, 0.6) is 0 Å². The van der Waals surface area contributed by atoms with Gasteiger partial charge in [-0.25, -0.2) is 0 Å². The normalized spacial score (nSPS) is 14.0. The second kappa shape index (κ2) is 3.19. The van der Waals surface area contributed by atoms with Gasteiger partial charge in [0.25, 0.3) is 0 Å². The van der Waals surface area contributed by atoms with Crippen molar-refractivity contribution in [2.75, 3.05) is 0 Å². The fourth-order valence-corrected chi connectivity index (χ4v) is 0.960. The highest BCUT2D eigenvalue weighted by molar-refractivity contribution is 5.25. The molecule has 2 heteroatoms. The van der Waals surface area contributed by atoms with E-state index in [9.17, 15) is 0 Å². The van der Waals surface area contributed by atoms with Crippen LogP contribution < -0.4 is 16.3 Å². The zero-order valence-electron chi connectivity index (χ0n) is 6.83. The number of aromatic nitrogens is 1. The first-order valence-electron chi connectivity index (χ1n) is 3.60. The molecule has 1 aromatic rings. The predicted molar refractivity (Wildman–Crippen MR) is 47.0 cm³/mol. The van der Waals surface area contributed by atoms with Crippen molar-refractivity contribution in [3.8, 4) is 0 Å². The Hall–Kier alpha value is -1.31. The zero-order chi connectivity index (χ0) is 8.27. The first-order chi connectivity index (χ1) is 5.27. The highest BCUT2D eigenvalue weighted by Crippen LogP contribution is 1.79. The molecular formula is C9H12N2. The molecule has 0 fully saturated rings. The van der Waals surface area contributed by atoms with Crippen molar-refractivity contribution in [2.24, 2.45) is 5.73 Å². The summed E-state index contributed by atoms with van der Waals surface area (Å²) in [4.78, 5) is 4.30. The third-order valence-electron chi connectivity index (χ3n) is 1.55. The van der Waals surface area contributed by atoms with Crippen LogP contribution >= 0.6 is 0 Å². The van der Waals surface area contributed by atoms with Gasteiger partial charge in [0.2, 0.25) is 0 Å². The zero-order valence-corrected chi connectivity index (χ0v) is 6.83. The number of hydrogen-bond acceptors (Lipinski definition) is 2. The molecule has 2 nitrogen and oxygen atoms in total. The third kappa shape index (κ3) is 1.58. The molecule has 1 rings (SSSR count). The molecule has 0 amide bonds. The first kappa shape index (κ1) is 7.79. The Balaban J connectivity index is 3.55. The molecule has 0 spiro atoms. The summed E-state index contributed by atoms with van der Waals surface area (Å²) in [6.45, 7) is 3.92. The standard InChI is InChI=1S/C9H12N2/c1-3-9-8(6-10)5-4-7(2)11-9/h3-6H,10H2,1-2H3/b8-6-,9-3+. The summed E-state index contributed by atoms with van der Waals surface area (Å²) in [5.74, 6) is 0. The Morgan fingerprint density at radius 1 is 1.45 bits per heavy atom. The molecule has 0 aliphatic heterocycles. The summed E-state index contributed by atoms with van der Waals surface area (Å²) in [6, 6.07) is 3.92. The van der Waals surface area contributed by atoms with Crippen LogP contribution in [0.25, 0.3) is 12.3 Å². The van der Waals surface area contributed by atoms with E-state index in [1.54, 1.807) is 6.20 Å². The van der Waals surface area contributed by atoms with E-state index in [0.29, 0.717) is 0 Å². The van der Waals surface area contributed by atoms with Gasteiger partial charge in [-0.3, -0.25) is 4.98 Å². The Kier molecular flexibility index (Phi) is 2.26. The lowest BCUT2D eigenvalue weighted by Crippen LogP contribution is -2.29. The smallest absolute Gasteiger partial charge is 0.0676 e. The number of rotatable bonds is 0. The average molecular weight is 148 g/mol. The van der Waals surface area contributed by atoms with Crippen LogP contribution in [0.3, 0.4) is 0 Å². The van der Waals surface area contributed by atoms with E-state index in [-0.39, 0.29) is 0 Å². The minimum Gasteiger partial charge on any atom is -0.404 e. The van der Waals surface area contributed by atoms with Crippen LogP contribution in [0.15, 0.2) is 12.1 Å². The maximum Gasteiger partial charge on any atom is 0.0676 e. The molecule has 0 saturated carbocycles. The molecule has 1 heterocycles. The Morgan fingerprint density at radius 3 is 2.73 bits per heavy atom. The number of hydrogen-bond donors (Lipinski definition) is 1. The van der Waals surface area contributed by atoms with Gasteiger partial charge in [0.15, 0.2) is 0 Å². The minimum atomic E-state index is 0.951. The maximum atomic E-state index is 5.39. The largest absolute Gasteiger partial charge is 0.404 e. The van der Waals surface area contributed by atoms with Gasteiger partial charge < -0.3 is 5.73 Å². The highest BCUT2D eigenvalue weighted by atomic mass is 14.7. The number of pyridine rings is 1. The van der Waals surface area contributed by atoms with Gasteiger partial charge in [0, 0.05) is 17.1 Å². The van der Waals surface area contributed by atoms with Crippen molar-refractivity contribution in [1.29, 1.82) is 0 Å². The van der Waals surface area contributed by atoms with Gasteiger partial charge in [-0.2, -0.15) is 0 Å². The second-order valence-corrected chi connectivity index (χ2v) is 2.38. The highest BCUT2D eigenvalue weighted by Gasteiger charge is 1.85. The molecule has 0 saturated heterocycles. The predicted octanol–water partition coefficient (Wildman–Crippen LogP) is -0.113. The lowest BCUT2D eigenvalue weighted by molar-refractivity contribution is 1.13. The van der Waals surface area contributed by atoms with E-state index in [4.69, 9.17) is 5.73 Å². The van der Waals surface area contributed by atoms with Crippen molar-refractivity contribution < 1.29 is 0 Å². The molecular weight excluding hydrogens is 136 g/mol. The number of aryl methyl sites for hydroxylation is 1.